The first-order valence-corrected chi connectivity index (χ1v) is 7.87. The maximum absolute atomic E-state index is 12.0. The second-order valence-corrected chi connectivity index (χ2v) is 5.85. The number of rotatable bonds is 8. The van der Waals surface area contributed by atoms with E-state index in [1.165, 1.54) is 12.8 Å². The molecule has 0 aromatic heterocycles. The lowest BCUT2D eigenvalue weighted by Gasteiger charge is -2.12. The van der Waals surface area contributed by atoms with Gasteiger partial charge >= 0.3 is 5.97 Å². The van der Waals surface area contributed by atoms with Crippen molar-refractivity contribution in [2.45, 2.75) is 12.8 Å². The number of hydrogen-bond donors (Lipinski definition) is 2. The highest BCUT2D eigenvalue weighted by Crippen LogP contribution is 2.32. The van der Waals surface area contributed by atoms with Gasteiger partial charge in [0.15, 0.2) is 6.61 Å². The van der Waals surface area contributed by atoms with Crippen LogP contribution in [0.25, 0.3) is 10.8 Å². The number of anilines is 1. The minimum atomic E-state index is -1.04. The van der Waals surface area contributed by atoms with Gasteiger partial charge in [-0.25, -0.2) is 4.79 Å². The fourth-order valence-corrected chi connectivity index (χ4v) is 2.43. The number of aliphatic carboxylic acids is 1. The summed E-state index contributed by atoms with van der Waals surface area (Å²) < 4.78 is 10.7. The lowest BCUT2D eigenvalue weighted by atomic mass is 10.1. The third kappa shape index (κ3) is 4.23. The van der Waals surface area contributed by atoms with Crippen molar-refractivity contribution in [3.8, 4) is 5.75 Å². The van der Waals surface area contributed by atoms with Crippen molar-refractivity contribution in [3.05, 3.63) is 36.4 Å². The van der Waals surface area contributed by atoms with Crippen molar-refractivity contribution in [3.63, 3.8) is 0 Å². The number of carbonyl (C=O) groups is 2. The topological polar surface area (TPSA) is 84.9 Å². The van der Waals surface area contributed by atoms with Crippen LogP contribution in [0.2, 0.25) is 0 Å². The number of carboxylic acid groups (broad SMARTS) is 1. The minimum absolute atomic E-state index is 0.0299. The van der Waals surface area contributed by atoms with E-state index in [0.717, 1.165) is 10.8 Å². The Hall–Kier alpha value is -2.60. The van der Waals surface area contributed by atoms with E-state index in [-0.39, 0.29) is 12.5 Å². The summed E-state index contributed by atoms with van der Waals surface area (Å²) in [5.74, 6) is -0.162. The second-order valence-electron chi connectivity index (χ2n) is 5.85. The molecule has 0 spiro atoms. The number of benzene rings is 2. The molecule has 24 heavy (non-hydrogen) atoms. The van der Waals surface area contributed by atoms with Crippen LogP contribution in [0.15, 0.2) is 36.4 Å². The highest BCUT2D eigenvalue weighted by molar-refractivity contribution is 6.04. The summed E-state index contributed by atoms with van der Waals surface area (Å²) >= 11 is 0. The summed E-state index contributed by atoms with van der Waals surface area (Å²) in [6, 6.07) is 10.7. The van der Waals surface area contributed by atoms with Crippen molar-refractivity contribution >= 4 is 28.3 Å². The van der Waals surface area contributed by atoms with Crippen molar-refractivity contribution < 1.29 is 24.2 Å². The summed E-state index contributed by atoms with van der Waals surface area (Å²) in [5.41, 5.74) is 0.647. The predicted octanol–water partition coefficient (Wildman–Crippen LogP) is 2.67. The van der Waals surface area contributed by atoms with E-state index >= 15 is 0 Å². The Morgan fingerprint density at radius 3 is 2.54 bits per heavy atom. The SMILES string of the molecule is O=C(O)COc1ccc(NC(=O)COCC2CC2)c2ccccc12. The third-order valence-electron chi connectivity index (χ3n) is 3.79. The second kappa shape index (κ2) is 7.31. The van der Waals surface area contributed by atoms with Crippen LogP contribution < -0.4 is 10.1 Å². The first kappa shape index (κ1) is 16.3. The van der Waals surface area contributed by atoms with Crippen LogP contribution in [0.1, 0.15) is 12.8 Å². The Labute approximate surface area is 139 Å². The van der Waals surface area contributed by atoms with Crippen LogP contribution in [0.5, 0.6) is 5.75 Å². The zero-order chi connectivity index (χ0) is 16.9. The van der Waals surface area contributed by atoms with Crippen molar-refractivity contribution in [2.75, 3.05) is 25.1 Å². The molecule has 1 saturated carbocycles. The molecule has 3 rings (SSSR count). The number of hydrogen-bond acceptors (Lipinski definition) is 4. The molecule has 2 N–H and O–H groups in total. The van der Waals surface area contributed by atoms with E-state index < -0.39 is 12.6 Å². The Kier molecular flexibility index (Phi) is 4.96. The molecule has 126 valence electrons. The number of nitrogens with one attached hydrogen (secondary N) is 1. The van der Waals surface area contributed by atoms with Gasteiger partial charge in [0.25, 0.3) is 0 Å². The van der Waals surface area contributed by atoms with E-state index in [2.05, 4.69) is 5.32 Å². The van der Waals surface area contributed by atoms with Gasteiger partial charge in [0.1, 0.15) is 12.4 Å². The van der Waals surface area contributed by atoms with Gasteiger partial charge in [-0.15, -0.1) is 0 Å². The largest absolute Gasteiger partial charge is 0.481 e. The molecule has 0 saturated heterocycles. The first-order chi connectivity index (χ1) is 11.6. The molecule has 6 heteroatoms. The standard InChI is InChI=1S/C18H19NO5/c20-17(10-23-9-12-5-6-12)19-15-7-8-16(24-11-18(21)22)14-4-2-1-3-13(14)15/h1-4,7-8,12H,5-6,9-11H2,(H,19,20)(H,21,22). The third-order valence-corrected chi connectivity index (χ3v) is 3.79. The van der Waals surface area contributed by atoms with Crippen molar-refractivity contribution in [1.29, 1.82) is 0 Å². The number of carboxylic acids is 1. The average Bonchev–Trinajstić information content (AvgIpc) is 3.38. The van der Waals surface area contributed by atoms with E-state index in [1.807, 2.05) is 24.3 Å². The van der Waals surface area contributed by atoms with Gasteiger partial charge in [0, 0.05) is 16.5 Å². The summed E-state index contributed by atoms with van der Waals surface area (Å²) in [6.07, 6.45) is 2.37. The minimum Gasteiger partial charge on any atom is -0.481 e. The summed E-state index contributed by atoms with van der Waals surface area (Å²) in [4.78, 5) is 22.7. The molecule has 0 atom stereocenters. The van der Waals surface area contributed by atoms with Crippen LogP contribution in [0.4, 0.5) is 5.69 Å². The molecule has 0 aliphatic heterocycles. The van der Waals surface area contributed by atoms with Crippen molar-refractivity contribution in [1.82, 2.24) is 0 Å². The Bertz CT molecular complexity index is 754. The molecule has 1 amide bonds. The summed E-state index contributed by atoms with van der Waals surface area (Å²) in [6.45, 7) is 0.253. The zero-order valence-corrected chi connectivity index (χ0v) is 13.2. The van der Waals surface area contributed by atoms with E-state index in [9.17, 15) is 9.59 Å². The molecule has 0 radical (unpaired) electrons. The highest BCUT2D eigenvalue weighted by Gasteiger charge is 2.21. The number of fused-ring (bicyclic) bond motifs is 1. The van der Waals surface area contributed by atoms with Gasteiger partial charge < -0.3 is 19.9 Å². The highest BCUT2D eigenvalue weighted by atomic mass is 16.5. The van der Waals surface area contributed by atoms with Crippen LogP contribution in [-0.2, 0) is 14.3 Å². The lowest BCUT2D eigenvalue weighted by molar-refractivity contribution is -0.139. The first-order valence-electron chi connectivity index (χ1n) is 7.87. The number of carbonyl (C=O) groups excluding carboxylic acids is 1. The zero-order valence-electron chi connectivity index (χ0n) is 13.2. The summed E-state index contributed by atoms with van der Waals surface area (Å²) in [7, 11) is 0. The fraction of sp³-hybridized carbons (Fsp3) is 0.333. The van der Waals surface area contributed by atoms with E-state index in [1.54, 1.807) is 12.1 Å². The Morgan fingerprint density at radius 2 is 1.83 bits per heavy atom. The molecule has 2 aromatic rings. The van der Waals surface area contributed by atoms with Crippen LogP contribution in [-0.4, -0.2) is 36.8 Å². The summed E-state index contributed by atoms with van der Waals surface area (Å²) in [5, 5.41) is 13.1. The quantitative estimate of drug-likeness (QED) is 0.778. The smallest absolute Gasteiger partial charge is 0.341 e. The maximum Gasteiger partial charge on any atom is 0.341 e. The maximum atomic E-state index is 12.0. The monoisotopic (exact) mass is 329 g/mol. The molecule has 1 fully saturated rings. The molecule has 0 bridgehead atoms. The Balaban J connectivity index is 1.71. The number of ether oxygens (including phenoxy) is 2. The molecular weight excluding hydrogens is 310 g/mol. The molecule has 0 unspecified atom stereocenters. The number of amides is 1. The lowest BCUT2D eigenvalue weighted by Crippen LogP contribution is -2.19. The molecular formula is C18H19NO5. The molecule has 0 heterocycles. The normalized spacial score (nSPS) is 13.7. The molecule has 6 nitrogen and oxygen atoms in total. The van der Waals surface area contributed by atoms with Gasteiger partial charge in [-0.3, -0.25) is 4.79 Å². The van der Waals surface area contributed by atoms with Gasteiger partial charge in [-0.1, -0.05) is 24.3 Å². The van der Waals surface area contributed by atoms with E-state index in [0.29, 0.717) is 24.0 Å². The van der Waals surface area contributed by atoms with Gasteiger partial charge in [-0.2, -0.15) is 0 Å². The van der Waals surface area contributed by atoms with Crippen LogP contribution in [0.3, 0.4) is 0 Å². The predicted molar refractivity (Wildman–Crippen MR) is 89.3 cm³/mol. The van der Waals surface area contributed by atoms with Crippen LogP contribution >= 0.6 is 0 Å². The Morgan fingerprint density at radius 1 is 1.08 bits per heavy atom. The fourth-order valence-electron chi connectivity index (χ4n) is 2.43. The van der Waals surface area contributed by atoms with Gasteiger partial charge in [0.05, 0.1) is 6.61 Å². The molecule has 2 aromatic carbocycles. The van der Waals surface area contributed by atoms with Crippen molar-refractivity contribution in [2.24, 2.45) is 5.92 Å². The van der Waals surface area contributed by atoms with E-state index in [4.69, 9.17) is 14.6 Å². The van der Waals surface area contributed by atoms with Gasteiger partial charge in [0.2, 0.25) is 5.91 Å². The molecule has 1 aliphatic rings. The van der Waals surface area contributed by atoms with Crippen LogP contribution in [0, 0.1) is 5.92 Å². The van der Waals surface area contributed by atoms with Gasteiger partial charge in [-0.05, 0) is 30.9 Å². The average molecular weight is 329 g/mol. The molecule has 1 aliphatic carbocycles.